The Kier molecular flexibility index (Phi) is 4.26. The maximum Gasteiger partial charge on any atom is 0.256 e. The van der Waals surface area contributed by atoms with Crippen LogP contribution in [0.5, 0.6) is 0 Å². The van der Waals surface area contributed by atoms with Gasteiger partial charge in [-0.15, -0.1) is 11.3 Å². The monoisotopic (exact) mass is 435 g/mol. The van der Waals surface area contributed by atoms with Crippen molar-refractivity contribution in [3.05, 3.63) is 99.8 Å². The number of rotatable bonds is 3. The molecule has 0 fully saturated rings. The molecule has 0 unspecified atom stereocenters. The van der Waals surface area contributed by atoms with Gasteiger partial charge in [-0.1, -0.05) is 36.4 Å². The van der Waals surface area contributed by atoms with Crippen molar-refractivity contribution in [2.45, 2.75) is 6.54 Å². The molecule has 6 rings (SSSR count). The van der Waals surface area contributed by atoms with Crippen molar-refractivity contribution in [2.75, 3.05) is 5.32 Å². The summed E-state index contributed by atoms with van der Waals surface area (Å²) in [7, 11) is 0. The summed E-state index contributed by atoms with van der Waals surface area (Å²) in [5.74, 6) is -0.315. The van der Waals surface area contributed by atoms with Crippen LogP contribution in [0.25, 0.3) is 31.4 Å². The van der Waals surface area contributed by atoms with Gasteiger partial charge in [0.25, 0.3) is 5.91 Å². The van der Waals surface area contributed by atoms with Gasteiger partial charge in [0, 0.05) is 44.0 Å². The van der Waals surface area contributed by atoms with E-state index in [9.17, 15) is 9.59 Å². The van der Waals surface area contributed by atoms with E-state index < -0.39 is 0 Å². The minimum Gasteiger partial charge on any atom is -0.322 e. The summed E-state index contributed by atoms with van der Waals surface area (Å²) >= 11 is 1.73. The lowest BCUT2D eigenvalue weighted by molar-refractivity contribution is 0.102. The van der Waals surface area contributed by atoms with E-state index in [1.165, 1.54) is 16.2 Å². The molecule has 0 radical (unpaired) electrons. The van der Waals surface area contributed by atoms with Gasteiger partial charge < -0.3 is 10.3 Å². The molecule has 0 saturated heterocycles. The number of hydrogen-bond acceptors (Lipinski definition) is 4. The fourth-order valence-corrected chi connectivity index (χ4v) is 5.33. The summed E-state index contributed by atoms with van der Waals surface area (Å²) in [5.41, 5.74) is 4.60. The van der Waals surface area contributed by atoms with Gasteiger partial charge in [0.05, 0.1) is 12.1 Å². The number of aliphatic imine (C=N–C) groups is 1. The Labute approximate surface area is 187 Å². The molecule has 0 bridgehead atoms. The average molecular weight is 436 g/mol. The Morgan fingerprint density at radius 1 is 1.00 bits per heavy atom. The smallest absolute Gasteiger partial charge is 0.256 e. The highest BCUT2D eigenvalue weighted by molar-refractivity contribution is 7.22. The molecule has 154 valence electrons. The highest BCUT2D eigenvalue weighted by Gasteiger charge is 2.19. The number of carbonyl (C=O) groups is 1. The summed E-state index contributed by atoms with van der Waals surface area (Å²) in [6.45, 7) is 0.631. The van der Waals surface area contributed by atoms with Crippen molar-refractivity contribution < 1.29 is 4.79 Å². The van der Waals surface area contributed by atoms with E-state index in [1.54, 1.807) is 17.4 Å². The number of para-hydroxylation sites is 1. The fourth-order valence-electron chi connectivity index (χ4n) is 4.22. The number of anilines is 1. The van der Waals surface area contributed by atoms with Gasteiger partial charge in [-0.05, 0) is 46.8 Å². The molecule has 1 aliphatic heterocycles. The molecule has 0 aliphatic carbocycles. The predicted octanol–water partition coefficient (Wildman–Crippen LogP) is 5.59. The normalized spacial score (nSPS) is 12.4. The first-order valence-corrected chi connectivity index (χ1v) is 11.1. The molecule has 2 N–H and O–H groups in total. The Bertz CT molecular complexity index is 1590. The Morgan fingerprint density at radius 2 is 1.84 bits per heavy atom. The van der Waals surface area contributed by atoms with E-state index >= 15 is 0 Å². The van der Waals surface area contributed by atoms with Gasteiger partial charge in [-0.3, -0.25) is 14.6 Å². The number of H-pyrrole nitrogens is 1. The van der Waals surface area contributed by atoms with Gasteiger partial charge in [0.1, 0.15) is 0 Å². The lowest BCUT2D eigenvalue weighted by Crippen LogP contribution is -2.17. The van der Waals surface area contributed by atoms with Crippen LogP contribution in [0.2, 0.25) is 0 Å². The van der Waals surface area contributed by atoms with Crippen LogP contribution in [0.15, 0.2) is 82.6 Å². The Morgan fingerprint density at radius 3 is 2.75 bits per heavy atom. The standard InChI is InChI=1S/C26H17N3O2S/c30-25-12-20(18-6-2-3-7-22(18)29-25)26(31)28-17-9-16-13-27-14-21(16)19(11-17)24-10-15-5-1-4-8-23(15)32-24/h1-13H,14H2,(H,28,31)(H,29,30). The second kappa shape index (κ2) is 7.28. The van der Waals surface area contributed by atoms with Crippen LogP contribution in [0.1, 0.15) is 21.5 Å². The summed E-state index contributed by atoms with van der Waals surface area (Å²) in [6, 6.07) is 23.1. The van der Waals surface area contributed by atoms with Crippen LogP contribution < -0.4 is 10.9 Å². The van der Waals surface area contributed by atoms with Crippen LogP contribution in [0, 0.1) is 0 Å². The van der Waals surface area contributed by atoms with Crippen LogP contribution in [0.4, 0.5) is 5.69 Å². The maximum atomic E-state index is 13.2. The molecule has 0 spiro atoms. The number of fused-ring (bicyclic) bond motifs is 3. The average Bonchev–Trinajstić information content (AvgIpc) is 3.44. The number of benzene rings is 3. The van der Waals surface area contributed by atoms with Gasteiger partial charge in [-0.2, -0.15) is 0 Å². The molecule has 5 aromatic rings. The highest BCUT2D eigenvalue weighted by Crippen LogP contribution is 2.39. The van der Waals surface area contributed by atoms with E-state index in [4.69, 9.17) is 0 Å². The SMILES string of the molecule is O=C(Nc1cc2c(c(-c3cc4ccccc4s3)c1)CN=C2)c1cc(=O)[nH]c2ccccc12. The molecule has 1 amide bonds. The number of aromatic nitrogens is 1. The molecule has 0 saturated carbocycles. The van der Waals surface area contributed by atoms with Gasteiger partial charge in [0.15, 0.2) is 0 Å². The number of carbonyl (C=O) groups excluding carboxylic acids is 1. The summed E-state index contributed by atoms with van der Waals surface area (Å²) < 4.78 is 1.22. The minimum atomic E-state index is -0.315. The van der Waals surface area contributed by atoms with E-state index in [2.05, 4.69) is 33.5 Å². The third kappa shape index (κ3) is 3.13. The first-order chi connectivity index (χ1) is 15.7. The van der Waals surface area contributed by atoms with Crippen molar-refractivity contribution in [3.63, 3.8) is 0 Å². The van der Waals surface area contributed by atoms with Crippen molar-refractivity contribution in [1.29, 1.82) is 0 Å². The zero-order valence-corrected chi connectivity index (χ0v) is 17.7. The van der Waals surface area contributed by atoms with E-state index in [0.29, 0.717) is 28.7 Å². The van der Waals surface area contributed by atoms with Crippen LogP contribution in [0.3, 0.4) is 0 Å². The molecule has 3 aromatic carbocycles. The molecule has 3 heterocycles. The second-order valence-electron chi connectivity index (χ2n) is 7.76. The van der Waals surface area contributed by atoms with Gasteiger partial charge >= 0.3 is 0 Å². The number of nitrogens with zero attached hydrogens (tertiary/aromatic N) is 1. The minimum absolute atomic E-state index is 0.305. The van der Waals surface area contributed by atoms with Crippen molar-refractivity contribution in [2.24, 2.45) is 4.99 Å². The van der Waals surface area contributed by atoms with Crippen LogP contribution in [-0.4, -0.2) is 17.1 Å². The first-order valence-electron chi connectivity index (χ1n) is 10.2. The summed E-state index contributed by atoms with van der Waals surface area (Å²) in [6.07, 6.45) is 1.85. The third-order valence-corrected chi connectivity index (χ3v) is 6.86. The highest BCUT2D eigenvalue weighted by atomic mass is 32.1. The number of nitrogens with one attached hydrogen (secondary N) is 2. The van der Waals surface area contributed by atoms with Crippen LogP contribution in [-0.2, 0) is 6.54 Å². The quantitative estimate of drug-likeness (QED) is 0.387. The van der Waals surface area contributed by atoms with Crippen LogP contribution >= 0.6 is 11.3 Å². The largest absolute Gasteiger partial charge is 0.322 e. The number of pyridine rings is 1. The fraction of sp³-hybridized carbons (Fsp3) is 0.0385. The van der Waals surface area contributed by atoms with E-state index in [-0.39, 0.29) is 11.5 Å². The molecular weight excluding hydrogens is 418 g/mol. The zero-order valence-electron chi connectivity index (χ0n) is 16.9. The molecular formula is C26H17N3O2S. The topological polar surface area (TPSA) is 74.3 Å². The van der Waals surface area contributed by atoms with Crippen molar-refractivity contribution in [3.8, 4) is 10.4 Å². The number of hydrogen-bond donors (Lipinski definition) is 2. The number of amides is 1. The van der Waals surface area contributed by atoms with Crippen molar-refractivity contribution in [1.82, 2.24) is 4.98 Å². The second-order valence-corrected chi connectivity index (χ2v) is 8.84. The lowest BCUT2D eigenvalue weighted by Gasteiger charge is -2.12. The number of thiophene rings is 1. The van der Waals surface area contributed by atoms with Crippen molar-refractivity contribution >= 4 is 50.1 Å². The first kappa shape index (κ1) is 18.7. The third-order valence-electron chi connectivity index (χ3n) is 5.71. The van der Waals surface area contributed by atoms with Gasteiger partial charge in [0.2, 0.25) is 5.56 Å². The molecule has 1 aliphatic rings. The zero-order chi connectivity index (χ0) is 21.7. The Hall–Kier alpha value is -4.03. The molecule has 2 aromatic heterocycles. The molecule has 0 atom stereocenters. The summed E-state index contributed by atoms with van der Waals surface area (Å²) in [5, 5.41) is 4.91. The van der Waals surface area contributed by atoms with E-state index in [0.717, 1.165) is 21.6 Å². The maximum absolute atomic E-state index is 13.2. The predicted molar refractivity (Wildman–Crippen MR) is 131 cm³/mol. The molecule has 32 heavy (non-hydrogen) atoms. The van der Waals surface area contributed by atoms with E-state index in [1.807, 2.05) is 48.7 Å². The number of aromatic amines is 1. The lowest BCUT2D eigenvalue weighted by atomic mass is 10.00. The Balaban J connectivity index is 1.44. The molecule has 6 heteroatoms. The van der Waals surface area contributed by atoms with Gasteiger partial charge in [-0.25, -0.2) is 0 Å². The molecule has 5 nitrogen and oxygen atoms in total. The summed E-state index contributed by atoms with van der Waals surface area (Å²) in [4.78, 5) is 33.6.